The number of hydrogen-bond donors (Lipinski definition) is 0. The van der Waals surface area contributed by atoms with E-state index in [0.717, 1.165) is 24.3 Å². The molecule has 0 aliphatic rings. The van der Waals surface area contributed by atoms with Gasteiger partial charge in [-0.05, 0) is 40.8 Å². The Hall–Kier alpha value is -0.130. The van der Waals surface area contributed by atoms with Gasteiger partial charge in [0.1, 0.15) is 0 Å². The van der Waals surface area contributed by atoms with Crippen molar-refractivity contribution in [3.05, 3.63) is 31.7 Å². The highest BCUT2D eigenvalue weighted by atomic mass is 127. The molecule has 13 heavy (non-hydrogen) atoms. The lowest BCUT2D eigenvalue weighted by Gasteiger charge is -1.95. The van der Waals surface area contributed by atoms with Gasteiger partial charge in [-0.3, -0.25) is 4.79 Å². The van der Waals surface area contributed by atoms with Crippen LogP contribution >= 0.6 is 45.5 Å². The fourth-order valence-electron chi connectivity index (χ4n) is 1.20. The molecule has 0 spiro atoms. The van der Waals surface area contributed by atoms with Crippen molar-refractivity contribution in [2.75, 3.05) is 0 Å². The third-order valence-electron chi connectivity index (χ3n) is 1.73. The Morgan fingerprint density at radius 2 is 2.15 bits per heavy atom. The minimum atomic E-state index is 0.713. The summed E-state index contributed by atoms with van der Waals surface area (Å²) >= 11 is 9.55. The lowest BCUT2D eigenvalue weighted by atomic mass is 10.1. The van der Waals surface area contributed by atoms with E-state index in [0.29, 0.717) is 5.56 Å². The van der Waals surface area contributed by atoms with Crippen LogP contribution in [0.25, 0.3) is 10.1 Å². The molecule has 0 unspecified atom stereocenters. The van der Waals surface area contributed by atoms with Crippen molar-refractivity contribution < 1.29 is 4.79 Å². The summed E-state index contributed by atoms with van der Waals surface area (Å²) in [5, 5.41) is 0.949. The van der Waals surface area contributed by atoms with Gasteiger partial charge < -0.3 is 0 Å². The maximum atomic E-state index is 10.7. The van der Waals surface area contributed by atoms with Crippen molar-refractivity contribution in [3.8, 4) is 0 Å². The number of benzene rings is 1. The summed E-state index contributed by atoms with van der Waals surface area (Å²) in [5.74, 6) is 0. The SMILES string of the molecule is O=Cc1cc(I)cc2sc(Cl)cc12. The lowest BCUT2D eigenvalue weighted by Crippen LogP contribution is -1.81. The zero-order valence-corrected chi connectivity index (χ0v) is 10.1. The Morgan fingerprint density at radius 1 is 1.38 bits per heavy atom. The second-order valence-electron chi connectivity index (χ2n) is 2.58. The van der Waals surface area contributed by atoms with Gasteiger partial charge in [0.05, 0.1) is 4.34 Å². The van der Waals surface area contributed by atoms with Gasteiger partial charge in [0, 0.05) is 19.2 Å². The van der Waals surface area contributed by atoms with E-state index >= 15 is 0 Å². The first-order chi connectivity index (χ1) is 6.20. The van der Waals surface area contributed by atoms with E-state index in [4.69, 9.17) is 11.6 Å². The summed E-state index contributed by atoms with van der Waals surface area (Å²) < 4.78 is 2.85. The van der Waals surface area contributed by atoms with Crippen LogP contribution in [-0.4, -0.2) is 6.29 Å². The highest BCUT2D eigenvalue weighted by molar-refractivity contribution is 14.1. The van der Waals surface area contributed by atoms with Gasteiger partial charge in [-0.15, -0.1) is 11.3 Å². The summed E-state index contributed by atoms with van der Waals surface area (Å²) in [6.45, 7) is 0. The van der Waals surface area contributed by atoms with Gasteiger partial charge in [0.25, 0.3) is 0 Å². The van der Waals surface area contributed by atoms with Crippen molar-refractivity contribution in [3.63, 3.8) is 0 Å². The first kappa shape index (κ1) is 9.43. The van der Waals surface area contributed by atoms with Crippen LogP contribution in [0.3, 0.4) is 0 Å². The molecular weight excluding hydrogens is 319 g/mol. The monoisotopic (exact) mass is 322 g/mol. The summed E-state index contributed by atoms with van der Waals surface area (Å²) in [6.07, 6.45) is 0.869. The Kier molecular flexibility index (Phi) is 2.58. The molecule has 2 rings (SSSR count). The summed E-state index contributed by atoms with van der Waals surface area (Å²) in [5.41, 5.74) is 0.713. The van der Waals surface area contributed by atoms with E-state index in [-0.39, 0.29) is 0 Å². The van der Waals surface area contributed by atoms with E-state index in [1.54, 1.807) is 0 Å². The van der Waals surface area contributed by atoms with Crippen LogP contribution in [0.2, 0.25) is 4.34 Å². The maximum Gasteiger partial charge on any atom is 0.150 e. The standard InChI is InChI=1S/C9H4ClIOS/c10-9-3-7-5(4-12)1-6(11)2-8(7)13-9/h1-4H. The molecule has 0 saturated carbocycles. The maximum absolute atomic E-state index is 10.7. The molecule has 2 aromatic rings. The third-order valence-corrected chi connectivity index (χ3v) is 3.56. The molecule has 0 saturated heterocycles. The zero-order chi connectivity index (χ0) is 9.42. The van der Waals surface area contributed by atoms with Gasteiger partial charge in [-0.25, -0.2) is 0 Å². The Bertz CT molecular complexity index is 478. The topological polar surface area (TPSA) is 17.1 Å². The summed E-state index contributed by atoms with van der Waals surface area (Å²) in [6, 6.07) is 5.72. The number of carbonyl (C=O) groups is 1. The molecule has 1 aromatic heterocycles. The first-order valence-corrected chi connectivity index (χ1v) is 5.82. The van der Waals surface area contributed by atoms with Crippen LogP contribution < -0.4 is 0 Å². The molecule has 0 atom stereocenters. The van der Waals surface area contributed by atoms with Crippen molar-refractivity contribution in [2.24, 2.45) is 0 Å². The van der Waals surface area contributed by atoms with Crippen LogP contribution in [-0.2, 0) is 0 Å². The molecule has 0 amide bonds. The number of thiophene rings is 1. The van der Waals surface area contributed by atoms with Crippen LogP contribution in [0, 0.1) is 3.57 Å². The van der Waals surface area contributed by atoms with Crippen LogP contribution in [0.5, 0.6) is 0 Å². The van der Waals surface area contributed by atoms with E-state index < -0.39 is 0 Å². The summed E-state index contributed by atoms with van der Waals surface area (Å²) in [7, 11) is 0. The van der Waals surface area contributed by atoms with E-state index in [9.17, 15) is 4.79 Å². The molecule has 0 fully saturated rings. The molecule has 66 valence electrons. The predicted molar refractivity (Wildman–Crippen MR) is 64.9 cm³/mol. The molecule has 0 bridgehead atoms. The number of fused-ring (bicyclic) bond motifs is 1. The quantitative estimate of drug-likeness (QED) is 0.573. The number of halogens is 2. The third kappa shape index (κ3) is 1.73. The molecular formula is C9H4ClIOS. The van der Waals surface area contributed by atoms with Gasteiger partial charge in [-0.2, -0.15) is 0 Å². The normalized spacial score (nSPS) is 10.6. The smallest absolute Gasteiger partial charge is 0.150 e. The van der Waals surface area contributed by atoms with Gasteiger partial charge in [0.2, 0.25) is 0 Å². The van der Waals surface area contributed by atoms with Crippen molar-refractivity contribution >= 4 is 61.9 Å². The highest BCUT2D eigenvalue weighted by Gasteiger charge is 2.05. The first-order valence-electron chi connectivity index (χ1n) is 3.54. The number of rotatable bonds is 1. The van der Waals surface area contributed by atoms with Crippen molar-refractivity contribution in [2.45, 2.75) is 0 Å². The van der Waals surface area contributed by atoms with Gasteiger partial charge in [-0.1, -0.05) is 11.6 Å². The largest absolute Gasteiger partial charge is 0.298 e. The Balaban J connectivity index is 2.88. The highest BCUT2D eigenvalue weighted by Crippen LogP contribution is 2.32. The average molecular weight is 323 g/mol. The Morgan fingerprint density at radius 3 is 2.85 bits per heavy atom. The number of carbonyl (C=O) groups excluding carboxylic acids is 1. The van der Waals surface area contributed by atoms with Gasteiger partial charge in [0.15, 0.2) is 6.29 Å². The second-order valence-corrected chi connectivity index (χ2v) is 5.54. The average Bonchev–Trinajstić information content (AvgIpc) is 2.43. The van der Waals surface area contributed by atoms with Crippen LogP contribution in [0.1, 0.15) is 10.4 Å². The number of aldehydes is 1. The van der Waals surface area contributed by atoms with Crippen molar-refractivity contribution in [1.82, 2.24) is 0 Å². The molecule has 0 radical (unpaired) electrons. The minimum absolute atomic E-state index is 0.713. The molecule has 1 heterocycles. The van der Waals surface area contributed by atoms with Crippen LogP contribution in [0.4, 0.5) is 0 Å². The fourth-order valence-corrected chi connectivity index (χ4v) is 3.27. The second kappa shape index (κ2) is 3.55. The zero-order valence-electron chi connectivity index (χ0n) is 6.38. The molecule has 1 aromatic carbocycles. The Labute approximate surface area is 97.8 Å². The predicted octanol–water partition coefficient (Wildman–Crippen LogP) is 3.97. The van der Waals surface area contributed by atoms with E-state index in [1.165, 1.54) is 11.3 Å². The lowest BCUT2D eigenvalue weighted by molar-refractivity contribution is 0.112. The molecule has 1 nitrogen and oxygen atoms in total. The van der Waals surface area contributed by atoms with Gasteiger partial charge >= 0.3 is 0 Å². The molecule has 0 aliphatic carbocycles. The molecule has 0 aliphatic heterocycles. The van der Waals surface area contributed by atoms with Crippen molar-refractivity contribution in [1.29, 1.82) is 0 Å². The van der Waals surface area contributed by atoms with Crippen LogP contribution in [0.15, 0.2) is 18.2 Å². The fraction of sp³-hybridized carbons (Fsp3) is 0. The minimum Gasteiger partial charge on any atom is -0.298 e. The van der Waals surface area contributed by atoms with E-state index in [2.05, 4.69) is 22.6 Å². The molecule has 4 heteroatoms. The van der Waals surface area contributed by atoms with E-state index in [1.807, 2.05) is 18.2 Å². The molecule has 0 N–H and O–H groups in total. The summed E-state index contributed by atoms with van der Waals surface area (Å²) in [4.78, 5) is 10.7. The number of hydrogen-bond acceptors (Lipinski definition) is 2.